The SMILES string of the molecule is CC(C)c1cccc(NC(=O)c2ccco2)c1. The lowest BCUT2D eigenvalue weighted by Crippen LogP contribution is -2.10. The minimum absolute atomic E-state index is 0.226. The Balaban J connectivity index is 2.14. The Morgan fingerprint density at radius 2 is 2.06 bits per heavy atom. The highest BCUT2D eigenvalue weighted by molar-refractivity contribution is 6.02. The maximum atomic E-state index is 11.8. The Hall–Kier alpha value is -2.03. The number of hydrogen-bond donors (Lipinski definition) is 1. The molecule has 2 aromatic rings. The molecule has 0 unspecified atom stereocenters. The number of furan rings is 1. The zero-order chi connectivity index (χ0) is 12.3. The molecule has 0 fully saturated rings. The van der Waals surface area contributed by atoms with Crippen LogP contribution >= 0.6 is 0 Å². The lowest BCUT2D eigenvalue weighted by Gasteiger charge is -2.08. The summed E-state index contributed by atoms with van der Waals surface area (Å²) in [7, 11) is 0. The first-order valence-electron chi connectivity index (χ1n) is 5.61. The van der Waals surface area contributed by atoms with Gasteiger partial charge in [0.1, 0.15) is 0 Å². The first-order valence-corrected chi connectivity index (χ1v) is 5.61. The molecule has 1 aromatic carbocycles. The van der Waals surface area contributed by atoms with Gasteiger partial charge < -0.3 is 9.73 Å². The molecule has 88 valence electrons. The average Bonchev–Trinajstić information content (AvgIpc) is 2.82. The monoisotopic (exact) mass is 229 g/mol. The fourth-order valence-corrected chi connectivity index (χ4v) is 1.58. The molecule has 0 spiro atoms. The standard InChI is InChI=1S/C14H15NO2/c1-10(2)11-5-3-6-12(9-11)15-14(16)13-7-4-8-17-13/h3-10H,1-2H3,(H,15,16). The summed E-state index contributed by atoms with van der Waals surface area (Å²) >= 11 is 0. The Labute approximate surface area is 100 Å². The largest absolute Gasteiger partial charge is 0.459 e. The van der Waals surface area contributed by atoms with E-state index < -0.39 is 0 Å². The molecule has 0 aliphatic rings. The molecule has 3 nitrogen and oxygen atoms in total. The van der Waals surface area contributed by atoms with Crippen LogP contribution in [-0.4, -0.2) is 5.91 Å². The van der Waals surface area contributed by atoms with E-state index in [9.17, 15) is 4.79 Å². The summed E-state index contributed by atoms with van der Waals surface area (Å²) in [6.45, 7) is 4.24. The number of benzene rings is 1. The average molecular weight is 229 g/mol. The summed E-state index contributed by atoms with van der Waals surface area (Å²) in [4.78, 5) is 11.8. The number of anilines is 1. The normalized spacial score (nSPS) is 10.5. The van der Waals surface area contributed by atoms with Crippen LogP contribution in [0.15, 0.2) is 47.1 Å². The van der Waals surface area contributed by atoms with Gasteiger partial charge in [0, 0.05) is 5.69 Å². The molecule has 0 atom stereocenters. The van der Waals surface area contributed by atoms with Gasteiger partial charge in [-0.25, -0.2) is 0 Å². The minimum Gasteiger partial charge on any atom is -0.459 e. The molecule has 0 bridgehead atoms. The molecule has 0 radical (unpaired) electrons. The molecule has 17 heavy (non-hydrogen) atoms. The Bertz CT molecular complexity index is 501. The van der Waals surface area contributed by atoms with E-state index in [2.05, 4.69) is 19.2 Å². The van der Waals surface area contributed by atoms with Gasteiger partial charge in [0.2, 0.25) is 0 Å². The second kappa shape index (κ2) is 4.87. The zero-order valence-electron chi connectivity index (χ0n) is 9.94. The van der Waals surface area contributed by atoms with E-state index in [1.54, 1.807) is 12.1 Å². The third-order valence-corrected chi connectivity index (χ3v) is 2.56. The molecular weight excluding hydrogens is 214 g/mol. The van der Waals surface area contributed by atoms with Crippen molar-refractivity contribution < 1.29 is 9.21 Å². The molecule has 1 N–H and O–H groups in total. The topological polar surface area (TPSA) is 42.2 Å². The number of hydrogen-bond acceptors (Lipinski definition) is 2. The van der Waals surface area contributed by atoms with Gasteiger partial charge in [-0.05, 0) is 35.7 Å². The van der Waals surface area contributed by atoms with Crippen LogP contribution < -0.4 is 5.32 Å². The number of carbonyl (C=O) groups is 1. The molecular formula is C14H15NO2. The summed E-state index contributed by atoms with van der Waals surface area (Å²) in [6, 6.07) is 11.2. The van der Waals surface area contributed by atoms with Crippen molar-refractivity contribution in [3.63, 3.8) is 0 Å². The van der Waals surface area contributed by atoms with Crippen molar-refractivity contribution in [2.75, 3.05) is 5.32 Å². The fraction of sp³-hybridized carbons (Fsp3) is 0.214. The van der Waals surface area contributed by atoms with E-state index in [4.69, 9.17) is 4.42 Å². The van der Waals surface area contributed by atoms with Gasteiger partial charge in [-0.1, -0.05) is 26.0 Å². The van der Waals surface area contributed by atoms with Crippen LogP contribution in [0, 0.1) is 0 Å². The molecule has 1 heterocycles. The van der Waals surface area contributed by atoms with E-state index in [-0.39, 0.29) is 5.91 Å². The van der Waals surface area contributed by atoms with Crippen molar-refractivity contribution in [3.05, 3.63) is 54.0 Å². The van der Waals surface area contributed by atoms with Gasteiger partial charge in [-0.3, -0.25) is 4.79 Å². The Morgan fingerprint density at radius 1 is 1.24 bits per heavy atom. The summed E-state index contributed by atoms with van der Waals surface area (Å²) in [5.74, 6) is 0.534. The van der Waals surface area contributed by atoms with Crippen LogP contribution in [0.25, 0.3) is 0 Å². The van der Waals surface area contributed by atoms with Gasteiger partial charge in [-0.15, -0.1) is 0 Å². The maximum Gasteiger partial charge on any atom is 0.291 e. The third kappa shape index (κ3) is 2.75. The van der Waals surface area contributed by atoms with Crippen molar-refractivity contribution in [2.45, 2.75) is 19.8 Å². The second-order valence-electron chi connectivity index (χ2n) is 4.21. The molecule has 0 aliphatic carbocycles. The Kier molecular flexibility index (Phi) is 3.28. The predicted octanol–water partition coefficient (Wildman–Crippen LogP) is 3.66. The highest BCUT2D eigenvalue weighted by atomic mass is 16.3. The highest BCUT2D eigenvalue weighted by Gasteiger charge is 2.09. The molecule has 0 aliphatic heterocycles. The minimum atomic E-state index is -0.226. The molecule has 3 heteroatoms. The molecule has 0 saturated carbocycles. The quantitative estimate of drug-likeness (QED) is 0.872. The van der Waals surface area contributed by atoms with Crippen LogP contribution in [0.1, 0.15) is 35.9 Å². The number of nitrogens with one attached hydrogen (secondary N) is 1. The first kappa shape index (κ1) is 11.5. The number of rotatable bonds is 3. The van der Waals surface area contributed by atoms with Crippen LogP contribution in [0.3, 0.4) is 0 Å². The maximum absolute atomic E-state index is 11.8. The van der Waals surface area contributed by atoms with Crippen molar-refractivity contribution in [1.82, 2.24) is 0 Å². The lowest BCUT2D eigenvalue weighted by molar-refractivity contribution is 0.0996. The van der Waals surface area contributed by atoms with Gasteiger partial charge in [-0.2, -0.15) is 0 Å². The van der Waals surface area contributed by atoms with E-state index >= 15 is 0 Å². The smallest absolute Gasteiger partial charge is 0.291 e. The summed E-state index contributed by atoms with van der Waals surface area (Å²) in [6.07, 6.45) is 1.49. The second-order valence-corrected chi connectivity index (χ2v) is 4.21. The van der Waals surface area contributed by atoms with Crippen LogP contribution in [0.5, 0.6) is 0 Å². The van der Waals surface area contributed by atoms with E-state index in [1.165, 1.54) is 11.8 Å². The van der Waals surface area contributed by atoms with Crippen LogP contribution in [-0.2, 0) is 0 Å². The first-order chi connectivity index (χ1) is 8.16. The molecule has 1 amide bonds. The summed E-state index contributed by atoms with van der Waals surface area (Å²) in [5.41, 5.74) is 1.99. The molecule has 0 saturated heterocycles. The Morgan fingerprint density at radius 3 is 2.71 bits per heavy atom. The zero-order valence-corrected chi connectivity index (χ0v) is 9.94. The van der Waals surface area contributed by atoms with Crippen molar-refractivity contribution in [2.24, 2.45) is 0 Å². The molecule has 2 rings (SSSR count). The summed E-state index contributed by atoms with van der Waals surface area (Å²) in [5, 5.41) is 2.81. The summed E-state index contributed by atoms with van der Waals surface area (Å²) < 4.78 is 5.03. The van der Waals surface area contributed by atoms with Gasteiger partial charge in [0.25, 0.3) is 5.91 Å². The highest BCUT2D eigenvalue weighted by Crippen LogP contribution is 2.19. The van der Waals surface area contributed by atoms with Gasteiger partial charge in [0.15, 0.2) is 5.76 Å². The van der Waals surface area contributed by atoms with E-state index in [1.807, 2.05) is 24.3 Å². The molecule has 1 aromatic heterocycles. The number of amides is 1. The van der Waals surface area contributed by atoms with Crippen LogP contribution in [0.2, 0.25) is 0 Å². The van der Waals surface area contributed by atoms with Crippen molar-refractivity contribution in [3.8, 4) is 0 Å². The van der Waals surface area contributed by atoms with Gasteiger partial charge in [0.05, 0.1) is 6.26 Å². The predicted molar refractivity (Wildman–Crippen MR) is 67.2 cm³/mol. The van der Waals surface area contributed by atoms with E-state index in [0.717, 1.165) is 5.69 Å². The third-order valence-electron chi connectivity index (χ3n) is 2.56. The lowest BCUT2D eigenvalue weighted by atomic mass is 10.0. The van der Waals surface area contributed by atoms with Gasteiger partial charge >= 0.3 is 0 Å². The van der Waals surface area contributed by atoms with Crippen molar-refractivity contribution in [1.29, 1.82) is 0 Å². The van der Waals surface area contributed by atoms with Crippen LogP contribution in [0.4, 0.5) is 5.69 Å². The van der Waals surface area contributed by atoms with E-state index in [0.29, 0.717) is 11.7 Å². The fourth-order valence-electron chi connectivity index (χ4n) is 1.58. The number of carbonyl (C=O) groups excluding carboxylic acids is 1. The van der Waals surface area contributed by atoms with Crippen molar-refractivity contribution >= 4 is 11.6 Å².